The molecule has 1 saturated heterocycles. The minimum atomic E-state index is 0.460. The van der Waals surface area contributed by atoms with Crippen molar-refractivity contribution in [3.05, 3.63) is 18.1 Å². The highest BCUT2D eigenvalue weighted by Gasteiger charge is 2.17. The molecule has 0 bridgehead atoms. The molecule has 1 unspecified atom stereocenters. The quantitative estimate of drug-likeness (QED) is 0.818. The highest BCUT2D eigenvalue weighted by molar-refractivity contribution is 5.40. The average molecular weight is 220 g/mol. The molecule has 2 rings (SSSR count). The summed E-state index contributed by atoms with van der Waals surface area (Å²) in [5.74, 6) is 1.52. The van der Waals surface area contributed by atoms with Crippen molar-refractivity contribution in [3.63, 3.8) is 0 Å². The molecule has 0 aliphatic carbocycles. The Labute approximate surface area is 97.1 Å². The number of anilines is 1. The Balaban J connectivity index is 2.16. The SMILES string of the molecule is CC1CN(c2cc(C(C)C)ncn2)CCN1. The number of piperazine rings is 1. The van der Waals surface area contributed by atoms with Crippen molar-refractivity contribution in [3.8, 4) is 0 Å². The molecule has 0 spiro atoms. The Morgan fingerprint density at radius 2 is 2.25 bits per heavy atom. The monoisotopic (exact) mass is 220 g/mol. The maximum absolute atomic E-state index is 4.37. The third-order valence-corrected chi connectivity index (χ3v) is 2.96. The normalized spacial score (nSPS) is 21.5. The zero-order chi connectivity index (χ0) is 11.5. The topological polar surface area (TPSA) is 41.1 Å². The van der Waals surface area contributed by atoms with E-state index >= 15 is 0 Å². The lowest BCUT2D eigenvalue weighted by Crippen LogP contribution is -2.49. The largest absolute Gasteiger partial charge is 0.354 e. The second kappa shape index (κ2) is 4.78. The van der Waals surface area contributed by atoms with E-state index in [9.17, 15) is 0 Å². The first-order valence-electron chi connectivity index (χ1n) is 5.97. The van der Waals surface area contributed by atoms with Crippen LogP contribution in [-0.4, -0.2) is 35.6 Å². The van der Waals surface area contributed by atoms with Crippen LogP contribution >= 0.6 is 0 Å². The molecule has 0 aromatic carbocycles. The van der Waals surface area contributed by atoms with Crippen LogP contribution in [0.15, 0.2) is 12.4 Å². The summed E-state index contributed by atoms with van der Waals surface area (Å²) in [6.45, 7) is 9.60. The molecule has 0 radical (unpaired) electrons. The molecule has 1 aliphatic rings. The molecule has 88 valence electrons. The summed E-state index contributed by atoms with van der Waals surface area (Å²) in [4.78, 5) is 11.0. The van der Waals surface area contributed by atoms with Gasteiger partial charge in [0.2, 0.25) is 0 Å². The molecular weight excluding hydrogens is 200 g/mol. The van der Waals surface area contributed by atoms with E-state index < -0.39 is 0 Å². The van der Waals surface area contributed by atoms with E-state index in [4.69, 9.17) is 0 Å². The van der Waals surface area contributed by atoms with Crippen LogP contribution in [0.2, 0.25) is 0 Å². The first kappa shape index (κ1) is 11.3. The highest BCUT2D eigenvalue weighted by Crippen LogP contribution is 2.17. The fourth-order valence-electron chi connectivity index (χ4n) is 1.99. The van der Waals surface area contributed by atoms with Crippen molar-refractivity contribution in [2.75, 3.05) is 24.5 Å². The summed E-state index contributed by atoms with van der Waals surface area (Å²) in [6, 6.07) is 2.65. The van der Waals surface area contributed by atoms with Crippen LogP contribution in [0.3, 0.4) is 0 Å². The third kappa shape index (κ3) is 2.50. The van der Waals surface area contributed by atoms with Crippen molar-refractivity contribution in [2.45, 2.75) is 32.7 Å². The van der Waals surface area contributed by atoms with Gasteiger partial charge in [0.1, 0.15) is 12.1 Å². The van der Waals surface area contributed by atoms with Gasteiger partial charge in [-0.15, -0.1) is 0 Å². The van der Waals surface area contributed by atoms with E-state index in [-0.39, 0.29) is 0 Å². The lowest BCUT2D eigenvalue weighted by Gasteiger charge is -2.32. The van der Waals surface area contributed by atoms with Gasteiger partial charge in [-0.05, 0) is 12.8 Å². The van der Waals surface area contributed by atoms with Crippen LogP contribution in [0.1, 0.15) is 32.4 Å². The van der Waals surface area contributed by atoms with E-state index in [1.807, 2.05) is 0 Å². The molecule has 4 heteroatoms. The van der Waals surface area contributed by atoms with Gasteiger partial charge < -0.3 is 10.2 Å². The summed E-state index contributed by atoms with van der Waals surface area (Å²) >= 11 is 0. The molecule has 4 nitrogen and oxygen atoms in total. The molecule has 1 N–H and O–H groups in total. The summed E-state index contributed by atoms with van der Waals surface area (Å²) in [5, 5.41) is 3.43. The van der Waals surface area contributed by atoms with Crippen molar-refractivity contribution >= 4 is 5.82 Å². The maximum atomic E-state index is 4.37. The lowest BCUT2D eigenvalue weighted by molar-refractivity contribution is 0.482. The van der Waals surface area contributed by atoms with Gasteiger partial charge in [-0.2, -0.15) is 0 Å². The molecular formula is C12H20N4. The fraction of sp³-hybridized carbons (Fsp3) is 0.667. The average Bonchev–Trinajstić information content (AvgIpc) is 2.29. The summed E-state index contributed by atoms with van der Waals surface area (Å²) in [6.07, 6.45) is 1.68. The summed E-state index contributed by atoms with van der Waals surface area (Å²) in [7, 11) is 0. The zero-order valence-electron chi connectivity index (χ0n) is 10.3. The second-order valence-electron chi connectivity index (χ2n) is 4.76. The second-order valence-corrected chi connectivity index (χ2v) is 4.76. The first-order valence-corrected chi connectivity index (χ1v) is 5.97. The van der Waals surface area contributed by atoms with Crippen LogP contribution in [-0.2, 0) is 0 Å². The number of nitrogens with one attached hydrogen (secondary N) is 1. The van der Waals surface area contributed by atoms with Crippen molar-refractivity contribution < 1.29 is 0 Å². The van der Waals surface area contributed by atoms with Gasteiger partial charge in [-0.25, -0.2) is 9.97 Å². The van der Waals surface area contributed by atoms with Crippen LogP contribution in [0.4, 0.5) is 5.82 Å². The molecule has 1 atom stereocenters. The molecule has 1 aliphatic heterocycles. The van der Waals surface area contributed by atoms with E-state index in [0.717, 1.165) is 31.1 Å². The van der Waals surface area contributed by atoms with Crippen LogP contribution < -0.4 is 10.2 Å². The Morgan fingerprint density at radius 1 is 1.44 bits per heavy atom. The number of aromatic nitrogens is 2. The Hall–Kier alpha value is -1.16. The van der Waals surface area contributed by atoms with Gasteiger partial charge in [0.05, 0.1) is 0 Å². The number of rotatable bonds is 2. The van der Waals surface area contributed by atoms with Gasteiger partial charge in [0.15, 0.2) is 0 Å². The lowest BCUT2D eigenvalue weighted by atomic mass is 10.1. The van der Waals surface area contributed by atoms with Crippen molar-refractivity contribution in [1.82, 2.24) is 15.3 Å². The Bertz CT molecular complexity index is 351. The predicted octanol–water partition coefficient (Wildman–Crippen LogP) is 1.40. The first-order chi connectivity index (χ1) is 7.66. The van der Waals surface area contributed by atoms with E-state index in [2.05, 4.69) is 47.0 Å². The molecule has 0 amide bonds. The number of hydrogen-bond donors (Lipinski definition) is 1. The smallest absolute Gasteiger partial charge is 0.132 e. The number of hydrogen-bond acceptors (Lipinski definition) is 4. The van der Waals surface area contributed by atoms with Crippen LogP contribution in [0.25, 0.3) is 0 Å². The highest BCUT2D eigenvalue weighted by atomic mass is 15.2. The fourth-order valence-corrected chi connectivity index (χ4v) is 1.99. The van der Waals surface area contributed by atoms with Crippen LogP contribution in [0, 0.1) is 0 Å². The van der Waals surface area contributed by atoms with Gasteiger partial charge in [-0.1, -0.05) is 13.8 Å². The zero-order valence-corrected chi connectivity index (χ0v) is 10.3. The maximum Gasteiger partial charge on any atom is 0.132 e. The minimum Gasteiger partial charge on any atom is -0.354 e. The molecule has 2 heterocycles. The summed E-state index contributed by atoms with van der Waals surface area (Å²) in [5.41, 5.74) is 1.12. The molecule has 0 saturated carbocycles. The minimum absolute atomic E-state index is 0.460. The molecule has 1 aromatic heterocycles. The van der Waals surface area contributed by atoms with E-state index in [1.165, 1.54) is 0 Å². The van der Waals surface area contributed by atoms with Crippen molar-refractivity contribution in [1.29, 1.82) is 0 Å². The predicted molar refractivity (Wildman–Crippen MR) is 65.8 cm³/mol. The Kier molecular flexibility index (Phi) is 3.39. The van der Waals surface area contributed by atoms with Crippen LogP contribution in [0.5, 0.6) is 0 Å². The van der Waals surface area contributed by atoms with Gasteiger partial charge in [0.25, 0.3) is 0 Å². The third-order valence-electron chi connectivity index (χ3n) is 2.96. The van der Waals surface area contributed by atoms with E-state index in [1.54, 1.807) is 6.33 Å². The van der Waals surface area contributed by atoms with Gasteiger partial charge in [0, 0.05) is 37.4 Å². The van der Waals surface area contributed by atoms with E-state index in [0.29, 0.717) is 12.0 Å². The molecule has 16 heavy (non-hydrogen) atoms. The van der Waals surface area contributed by atoms with Gasteiger partial charge >= 0.3 is 0 Å². The number of nitrogens with zero attached hydrogens (tertiary/aromatic N) is 3. The standard InChI is InChI=1S/C12H20N4/c1-9(2)11-6-12(15-8-14-11)16-5-4-13-10(3)7-16/h6,8-10,13H,4-5,7H2,1-3H3. The van der Waals surface area contributed by atoms with Crippen molar-refractivity contribution in [2.24, 2.45) is 0 Å². The molecule has 1 aromatic rings. The Morgan fingerprint density at radius 3 is 2.94 bits per heavy atom. The molecule has 1 fully saturated rings. The summed E-state index contributed by atoms with van der Waals surface area (Å²) < 4.78 is 0. The van der Waals surface area contributed by atoms with Gasteiger partial charge in [-0.3, -0.25) is 0 Å².